The fraction of sp³-hybridized carbons (Fsp3) is 0.429. The van der Waals surface area contributed by atoms with Crippen LogP contribution in [-0.2, 0) is 4.74 Å². The molecule has 1 aromatic rings. The zero-order valence-corrected chi connectivity index (χ0v) is 11.2. The second-order valence-corrected chi connectivity index (χ2v) is 4.19. The van der Waals surface area contributed by atoms with Gasteiger partial charge in [0.25, 0.3) is 0 Å². The van der Waals surface area contributed by atoms with Crippen LogP contribution in [0.4, 0.5) is 10.5 Å². The van der Waals surface area contributed by atoms with E-state index in [-0.39, 0.29) is 5.96 Å². The minimum atomic E-state index is -0.593. The summed E-state index contributed by atoms with van der Waals surface area (Å²) in [6.07, 6.45) is 3.63. The predicted octanol–water partition coefficient (Wildman–Crippen LogP) is 3.34. The van der Waals surface area contributed by atoms with Crippen molar-refractivity contribution in [1.82, 2.24) is 5.32 Å². The van der Waals surface area contributed by atoms with Crippen LogP contribution in [0.1, 0.15) is 32.6 Å². The Bertz CT molecular complexity index is 393. The largest absolute Gasteiger partial charge is 0.449 e. The first-order valence-electron chi connectivity index (χ1n) is 6.56. The Hall–Kier alpha value is -2.04. The van der Waals surface area contributed by atoms with Gasteiger partial charge in [-0.2, -0.15) is 0 Å². The molecule has 1 amide bonds. The number of para-hydroxylation sites is 1. The van der Waals surface area contributed by atoms with Crippen LogP contribution in [0.5, 0.6) is 0 Å². The van der Waals surface area contributed by atoms with E-state index < -0.39 is 6.09 Å². The first kappa shape index (κ1) is 15.0. The van der Waals surface area contributed by atoms with Crippen LogP contribution in [0.3, 0.4) is 0 Å². The quantitative estimate of drug-likeness (QED) is 0.418. The minimum absolute atomic E-state index is 0.0928. The van der Waals surface area contributed by atoms with Gasteiger partial charge >= 0.3 is 6.09 Å². The average molecular weight is 263 g/mol. The van der Waals surface area contributed by atoms with Crippen molar-refractivity contribution in [3.8, 4) is 0 Å². The molecule has 5 heteroatoms. The van der Waals surface area contributed by atoms with Gasteiger partial charge in [-0.3, -0.25) is 10.7 Å². The van der Waals surface area contributed by atoms with Crippen LogP contribution in [0, 0.1) is 5.41 Å². The Balaban J connectivity index is 2.16. The molecule has 0 saturated carbocycles. The summed E-state index contributed by atoms with van der Waals surface area (Å²) < 4.78 is 4.97. The summed E-state index contributed by atoms with van der Waals surface area (Å²) >= 11 is 0. The van der Waals surface area contributed by atoms with Crippen LogP contribution in [0.25, 0.3) is 0 Å². The third kappa shape index (κ3) is 7.08. The third-order valence-corrected chi connectivity index (χ3v) is 2.50. The van der Waals surface area contributed by atoms with Gasteiger partial charge < -0.3 is 10.1 Å². The summed E-state index contributed by atoms with van der Waals surface area (Å²) in [7, 11) is 0. The van der Waals surface area contributed by atoms with Gasteiger partial charge in [-0.15, -0.1) is 0 Å². The van der Waals surface area contributed by atoms with Crippen LogP contribution in [-0.4, -0.2) is 18.7 Å². The standard InChI is InChI=1S/C14H21N3O2/c1-2-3-4-8-11-19-14(18)17-13(15)16-12-9-6-5-7-10-12/h5-7,9-10H,2-4,8,11H2,1H3,(H3,15,16,17,18). The molecule has 0 saturated heterocycles. The van der Waals surface area contributed by atoms with Crippen LogP contribution >= 0.6 is 0 Å². The Morgan fingerprint density at radius 2 is 1.95 bits per heavy atom. The number of hydrogen-bond donors (Lipinski definition) is 3. The van der Waals surface area contributed by atoms with E-state index in [9.17, 15) is 4.79 Å². The Morgan fingerprint density at radius 1 is 1.21 bits per heavy atom. The normalized spacial score (nSPS) is 9.74. The predicted molar refractivity (Wildman–Crippen MR) is 76.4 cm³/mol. The van der Waals surface area contributed by atoms with Gasteiger partial charge in [-0.05, 0) is 18.6 Å². The molecular formula is C14H21N3O2. The highest BCUT2D eigenvalue weighted by molar-refractivity contribution is 6.00. The second-order valence-electron chi connectivity index (χ2n) is 4.19. The van der Waals surface area contributed by atoms with E-state index in [4.69, 9.17) is 10.1 Å². The molecule has 0 aromatic heterocycles. The lowest BCUT2D eigenvalue weighted by atomic mass is 10.2. The fourth-order valence-electron chi connectivity index (χ4n) is 1.53. The van der Waals surface area contributed by atoms with E-state index in [1.807, 2.05) is 30.3 Å². The highest BCUT2D eigenvalue weighted by atomic mass is 16.5. The number of unbranched alkanes of at least 4 members (excludes halogenated alkanes) is 3. The van der Waals surface area contributed by atoms with Crippen molar-refractivity contribution in [2.75, 3.05) is 11.9 Å². The summed E-state index contributed by atoms with van der Waals surface area (Å²) in [6.45, 7) is 2.52. The molecule has 0 unspecified atom stereocenters. The maximum absolute atomic E-state index is 11.4. The lowest BCUT2D eigenvalue weighted by Crippen LogP contribution is -2.35. The molecule has 0 aliphatic carbocycles. The summed E-state index contributed by atoms with van der Waals surface area (Å²) in [5, 5.41) is 12.7. The topological polar surface area (TPSA) is 74.2 Å². The molecule has 5 nitrogen and oxygen atoms in total. The van der Waals surface area contributed by atoms with Gasteiger partial charge in [0, 0.05) is 5.69 Å². The first-order chi connectivity index (χ1) is 9.22. The Kier molecular flexibility index (Phi) is 7.09. The SMILES string of the molecule is CCCCCCOC(=O)NC(=N)Nc1ccccc1. The molecule has 0 aliphatic rings. The zero-order valence-electron chi connectivity index (χ0n) is 11.2. The summed E-state index contributed by atoms with van der Waals surface area (Å²) in [5.74, 6) is -0.0928. The van der Waals surface area contributed by atoms with Crippen molar-refractivity contribution in [3.05, 3.63) is 30.3 Å². The number of nitrogens with one attached hydrogen (secondary N) is 3. The molecule has 0 fully saturated rings. The van der Waals surface area contributed by atoms with Crippen molar-refractivity contribution in [1.29, 1.82) is 5.41 Å². The van der Waals surface area contributed by atoms with E-state index in [0.717, 1.165) is 31.4 Å². The monoisotopic (exact) mass is 263 g/mol. The fourth-order valence-corrected chi connectivity index (χ4v) is 1.53. The highest BCUT2D eigenvalue weighted by Gasteiger charge is 2.05. The number of ether oxygens (including phenoxy) is 1. The van der Waals surface area contributed by atoms with Crippen molar-refractivity contribution < 1.29 is 9.53 Å². The minimum Gasteiger partial charge on any atom is -0.449 e. The van der Waals surface area contributed by atoms with Gasteiger partial charge in [0.1, 0.15) is 0 Å². The first-order valence-corrected chi connectivity index (χ1v) is 6.56. The van der Waals surface area contributed by atoms with E-state index in [2.05, 4.69) is 17.6 Å². The maximum atomic E-state index is 11.4. The molecule has 1 rings (SSSR count). The number of carbonyl (C=O) groups is 1. The maximum Gasteiger partial charge on any atom is 0.413 e. The lowest BCUT2D eigenvalue weighted by molar-refractivity contribution is 0.149. The number of alkyl carbamates (subject to hydrolysis) is 1. The van der Waals surface area contributed by atoms with Crippen molar-refractivity contribution in [2.24, 2.45) is 0 Å². The Morgan fingerprint density at radius 3 is 2.63 bits per heavy atom. The van der Waals surface area contributed by atoms with Crippen molar-refractivity contribution >= 4 is 17.7 Å². The summed E-state index contributed by atoms with van der Waals surface area (Å²) in [4.78, 5) is 11.4. The third-order valence-electron chi connectivity index (χ3n) is 2.50. The summed E-state index contributed by atoms with van der Waals surface area (Å²) in [6, 6.07) is 9.20. The van der Waals surface area contributed by atoms with E-state index in [1.165, 1.54) is 0 Å². The molecule has 19 heavy (non-hydrogen) atoms. The van der Waals surface area contributed by atoms with E-state index in [0.29, 0.717) is 6.61 Å². The smallest absolute Gasteiger partial charge is 0.413 e. The molecule has 0 heterocycles. The molecule has 0 spiro atoms. The van der Waals surface area contributed by atoms with E-state index in [1.54, 1.807) is 0 Å². The highest BCUT2D eigenvalue weighted by Crippen LogP contribution is 2.04. The lowest BCUT2D eigenvalue weighted by Gasteiger charge is -2.09. The average Bonchev–Trinajstić information content (AvgIpc) is 2.39. The van der Waals surface area contributed by atoms with Gasteiger partial charge in [0.2, 0.25) is 5.96 Å². The molecule has 0 radical (unpaired) electrons. The number of hydrogen-bond acceptors (Lipinski definition) is 3. The second kappa shape index (κ2) is 8.97. The number of anilines is 1. The van der Waals surface area contributed by atoms with Crippen molar-refractivity contribution in [2.45, 2.75) is 32.6 Å². The zero-order chi connectivity index (χ0) is 13.9. The van der Waals surface area contributed by atoms with Crippen LogP contribution in [0.15, 0.2) is 30.3 Å². The molecule has 0 atom stereocenters. The van der Waals surface area contributed by atoms with Gasteiger partial charge in [-0.25, -0.2) is 4.79 Å². The molecular weight excluding hydrogens is 242 g/mol. The number of amides is 1. The van der Waals surface area contributed by atoms with Gasteiger partial charge in [0.15, 0.2) is 0 Å². The number of benzene rings is 1. The molecule has 3 N–H and O–H groups in total. The molecule has 0 aliphatic heterocycles. The van der Waals surface area contributed by atoms with Crippen LogP contribution < -0.4 is 10.6 Å². The molecule has 104 valence electrons. The number of guanidine groups is 1. The van der Waals surface area contributed by atoms with Gasteiger partial charge in [-0.1, -0.05) is 44.4 Å². The molecule has 1 aromatic carbocycles. The number of rotatable bonds is 6. The van der Waals surface area contributed by atoms with Crippen LogP contribution in [0.2, 0.25) is 0 Å². The van der Waals surface area contributed by atoms with Crippen molar-refractivity contribution in [3.63, 3.8) is 0 Å². The molecule has 0 bridgehead atoms. The number of carbonyl (C=O) groups excluding carboxylic acids is 1. The van der Waals surface area contributed by atoms with Gasteiger partial charge in [0.05, 0.1) is 6.61 Å². The van der Waals surface area contributed by atoms with E-state index >= 15 is 0 Å². The summed E-state index contributed by atoms with van der Waals surface area (Å²) in [5.41, 5.74) is 0.746. The Labute approximate surface area is 113 Å².